The van der Waals surface area contributed by atoms with E-state index in [1.54, 1.807) is 0 Å². The molecule has 1 aromatic rings. The van der Waals surface area contributed by atoms with Gasteiger partial charge in [-0.2, -0.15) is 0 Å². The normalized spacial score (nSPS) is 11.1. The number of ketones is 1. The lowest BCUT2D eigenvalue weighted by atomic mass is 10.1. The van der Waals surface area contributed by atoms with Crippen LogP contribution in [0, 0.1) is 0 Å². The number of benzene rings is 1. The number of carbonyl (C=O) groups is 1. The molecule has 15 heavy (non-hydrogen) atoms. The number of rotatable bonds is 5. The Labute approximate surface area is 92.8 Å². The zero-order valence-corrected chi connectivity index (χ0v) is 10.5. The predicted octanol–water partition coefficient (Wildman–Crippen LogP) is 3.69. The van der Waals surface area contributed by atoms with Crippen molar-refractivity contribution in [1.82, 2.24) is 0 Å². The van der Waals surface area contributed by atoms with Gasteiger partial charge >= 0.3 is 0 Å². The van der Waals surface area contributed by atoms with E-state index in [1.165, 1.54) is 0 Å². The molecule has 1 aromatic carbocycles. The number of Topliss-reactive ketones (excluding diaryl/α,β-unsaturated/α-hetero) is 1. The molecule has 0 aliphatic heterocycles. The van der Waals surface area contributed by atoms with Crippen LogP contribution in [0.4, 0.5) is 0 Å². The molecule has 2 heteroatoms. The highest BCUT2D eigenvalue weighted by molar-refractivity contribution is 6.82. The maximum absolute atomic E-state index is 11.8. The Morgan fingerprint density at radius 1 is 1.33 bits per heavy atom. The Bertz CT molecular complexity index is 341. The molecule has 1 nitrogen and oxygen atoms in total. The average molecular weight is 218 g/mol. The van der Waals surface area contributed by atoms with Crippen LogP contribution in [0.25, 0.3) is 0 Å². The Hall–Kier alpha value is -1.15. The third-order valence-electron chi connectivity index (χ3n) is 2.64. The summed E-state index contributed by atoms with van der Waals surface area (Å²) in [6.45, 7) is 8.30. The van der Waals surface area contributed by atoms with Crippen LogP contribution >= 0.6 is 0 Å². The molecule has 0 fully saturated rings. The van der Waals surface area contributed by atoms with Crippen LogP contribution in [0.1, 0.15) is 16.8 Å². The first-order valence-electron chi connectivity index (χ1n) is 5.27. The van der Waals surface area contributed by atoms with Gasteiger partial charge in [-0.15, -0.1) is 12.3 Å². The zero-order chi connectivity index (χ0) is 11.3. The van der Waals surface area contributed by atoms with E-state index in [4.69, 9.17) is 0 Å². The molecule has 0 N–H and O–H groups in total. The van der Waals surface area contributed by atoms with Gasteiger partial charge in [-0.25, -0.2) is 0 Å². The van der Waals surface area contributed by atoms with E-state index in [9.17, 15) is 4.79 Å². The summed E-state index contributed by atoms with van der Waals surface area (Å²) >= 11 is 0. The summed E-state index contributed by atoms with van der Waals surface area (Å²) in [6.07, 6.45) is 0.648. The summed E-state index contributed by atoms with van der Waals surface area (Å²) in [5.74, 6) is 0.248. The van der Waals surface area contributed by atoms with E-state index in [1.807, 2.05) is 36.0 Å². The van der Waals surface area contributed by atoms with Gasteiger partial charge in [-0.05, 0) is 6.04 Å². The minimum absolute atomic E-state index is 0.248. The van der Waals surface area contributed by atoms with Crippen molar-refractivity contribution in [3.63, 3.8) is 0 Å². The maximum Gasteiger partial charge on any atom is 0.162 e. The SMILES string of the molecule is C=C[Si](C)(C)CCC(=O)c1ccccc1. The highest BCUT2D eigenvalue weighted by atomic mass is 28.3. The molecule has 0 aliphatic rings. The molecular weight excluding hydrogens is 200 g/mol. The van der Waals surface area contributed by atoms with E-state index >= 15 is 0 Å². The summed E-state index contributed by atoms with van der Waals surface area (Å²) in [6, 6.07) is 10.5. The van der Waals surface area contributed by atoms with Crippen LogP contribution in [0.15, 0.2) is 42.6 Å². The van der Waals surface area contributed by atoms with E-state index in [0.717, 1.165) is 11.6 Å². The molecule has 0 aromatic heterocycles. The van der Waals surface area contributed by atoms with Gasteiger partial charge in [0.15, 0.2) is 5.78 Å². The predicted molar refractivity (Wildman–Crippen MR) is 67.9 cm³/mol. The molecule has 0 radical (unpaired) electrons. The lowest BCUT2D eigenvalue weighted by Crippen LogP contribution is -2.22. The van der Waals surface area contributed by atoms with E-state index < -0.39 is 8.07 Å². The lowest BCUT2D eigenvalue weighted by Gasteiger charge is -2.15. The third kappa shape index (κ3) is 3.84. The summed E-state index contributed by atoms with van der Waals surface area (Å²) in [4.78, 5) is 11.8. The van der Waals surface area contributed by atoms with Crippen molar-refractivity contribution in [3.05, 3.63) is 48.2 Å². The molecule has 0 saturated heterocycles. The molecule has 0 heterocycles. The van der Waals surface area contributed by atoms with Gasteiger partial charge in [0, 0.05) is 12.0 Å². The van der Waals surface area contributed by atoms with Crippen molar-refractivity contribution < 1.29 is 4.79 Å². The van der Waals surface area contributed by atoms with Crippen LogP contribution in [0.5, 0.6) is 0 Å². The minimum atomic E-state index is -1.33. The van der Waals surface area contributed by atoms with Gasteiger partial charge in [0.2, 0.25) is 0 Å². The van der Waals surface area contributed by atoms with Crippen molar-refractivity contribution >= 4 is 13.9 Å². The first-order chi connectivity index (χ1) is 7.05. The van der Waals surface area contributed by atoms with Gasteiger partial charge in [0.05, 0.1) is 8.07 Å². The number of carbonyl (C=O) groups excluding carboxylic acids is 1. The fraction of sp³-hybridized carbons (Fsp3) is 0.308. The van der Waals surface area contributed by atoms with Crippen molar-refractivity contribution in [2.24, 2.45) is 0 Å². The fourth-order valence-corrected chi connectivity index (χ4v) is 2.38. The summed E-state index contributed by atoms with van der Waals surface area (Å²) < 4.78 is 0. The first-order valence-corrected chi connectivity index (χ1v) is 8.55. The Kier molecular flexibility index (Phi) is 4.03. The second-order valence-electron chi connectivity index (χ2n) is 4.48. The zero-order valence-electron chi connectivity index (χ0n) is 9.49. The van der Waals surface area contributed by atoms with E-state index in [-0.39, 0.29) is 5.78 Å². The highest BCUT2D eigenvalue weighted by Crippen LogP contribution is 2.15. The van der Waals surface area contributed by atoms with Crippen LogP contribution in [-0.4, -0.2) is 13.9 Å². The average Bonchev–Trinajstić information content (AvgIpc) is 2.27. The Balaban J connectivity index is 2.55. The summed E-state index contributed by atoms with van der Waals surface area (Å²) in [7, 11) is -1.33. The molecule has 0 aliphatic carbocycles. The quantitative estimate of drug-likeness (QED) is 0.544. The van der Waals surface area contributed by atoms with E-state index in [0.29, 0.717) is 6.42 Å². The minimum Gasteiger partial charge on any atom is -0.294 e. The first kappa shape index (κ1) is 11.9. The lowest BCUT2D eigenvalue weighted by molar-refractivity contribution is 0.0988. The van der Waals surface area contributed by atoms with Crippen LogP contribution in [0.3, 0.4) is 0 Å². The second-order valence-corrected chi connectivity index (χ2v) is 9.37. The summed E-state index contributed by atoms with van der Waals surface area (Å²) in [5, 5.41) is 0. The molecule has 0 atom stereocenters. The third-order valence-corrected chi connectivity index (χ3v) is 5.29. The number of hydrogen-bond acceptors (Lipinski definition) is 1. The van der Waals surface area contributed by atoms with Gasteiger partial charge in [0.25, 0.3) is 0 Å². The maximum atomic E-state index is 11.8. The molecule has 0 spiro atoms. The highest BCUT2D eigenvalue weighted by Gasteiger charge is 2.17. The monoisotopic (exact) mass is 218 g/mol. The topological polar surface area (TPSA) is 17.1 Å². The summed E-state index contributed by atoms with van der Waals surface area (Å²) in [5.41, 5.74) is 2.87. The van der Waals surface area contributed by atoms with Crippen molar-refractivity contribution in [2.75, 3.05) is 0 Å². The van der Waals surface area contributed by atoms with Crippen LogP contribution in [0.2, 0.25) is 19.1 Å². The Morgan fingerprint density at radius 3 is 2.47 bits per heavy atom. The molecule has 1 rings (SSSR count). The van der Waals surface area contributed by atoms with Crippen molar-refractivity contribution in [2.45, 2.75) is 25.6 Å². The molecule has 0 amide bonds. The molecule has 0 saturated carbocycles. The van der Waals surface area contributed by atoms with Gasteiger partial charge in [0.1, 0.15) is 0 Å². The number of hydrogen-bond donors (Lipinski definition) is 0. The van der Waals surface area contributed by atoms with Crippen molar-refractivity contribution in [3.8, 4) is 0 Å². The van der Waals surface area contributed by atoms with E-state index in [2.05, 4.69) is 19.7 Å². The standard InChI is InChI=1S/C13H18OSi/c1-4-15(2,3)11-10-13(14)12-8-6-5-7-9-12/h4-9H,1,10-11H2,2-3H3. The van der Waals surface area contributed by atoms with Crippen LogP contribution in [-0.2, 0) is 0 Å². The van der Waals surface area contributed by atoms with Crippen molar-refractivity contribution in [1.29, 1.82) is 0 Å². The molecule has 0 unspecified atom stereocenters. The van der Waals surface area contributed by atoms with Gasteiger partial charge < -0.3 is 0 Å². The largest absolute Gasteiger partial charge is 0.294 e. The smallest absolute Gasteiger partial charge is 0.162 e. The second kappa shape index (κ2) is 5.08. The molecular formula is C13H18OSi. The van der Waals surface area contributed by atoms with Gasteiger partial charge in [-0.1, -0.05) is 43.4 Å². The van der Waals surface area contributed by atoms with Gasteiger partial charge in [-0.3, -0.25) is 4.79 Å². The molecule has 0 bridgehead atoms. The molecule has 80 valence electrons. The Morgan fingerprint density at radius 2 is 1.93 bits per heavy atom. The fourth-order valence-electron chi connectivity index (χ4n) is 1.31. The van der Waals surface area contributed by atoms with Crippen LogP contribution < -0.4 is 0 Å².